The van der Waals surface area contributed by atoms with Crippen molar-refractivity contribution in [2.24, 2.45) is 0 Å². The van der Waals surface area contributed by atoms with Gasteiger partial charge in [-0.05, 0) is 35.7 Å². The van der Waals surface area contributed by atoms with Gasteiger partial charge >= 0.3 is 0 Å². The maximum atomic E-state index is 6.26. The van der Waals surface area contributed by atoms with E-state index in [1.807, 2.05) is 36.5 Å². The fourth-order valence-corrected chi connectivity index (χ4v) is 3.75. The first-order chi connectivity index (χ1) is 13.3. The van der Waals surface area contributed by atoms with Crippen molar-refractivity contribution in [3.8, 4) is 22.4 Å². The second-order valence-electron chi connectivity index (χ2n) is 6.73. The van der Waals surface area contributed by atoms with Crippen molar-refractivity contribution in [3.63, 3.8) is 0 Å². The number of aromatic nitrogens is 1. The van der Waals surface area contributed by atoms with Crippen LogP contribution in [0.25, 0.3) is 44.3 Å². The minimum Gasteiger partial charge on any atom is -0.455 e. The Morgan fingerprint density at radius 3 is 2.37 bits per heavy atom. The van der Waals surface area contributed by atoms with Gasteiger partial charge in [0.1, 0.15) is 11.2 Å². The summed E-state index contributed by atoms with van der Waals surface area (Å²) in [5, 5.41) is 2.38. The molecular formula is C25H19NO. The number of pyridine rings is 1. The van der Waals surface area contributed by atoms with Crippen molar-refractivity contribution in [1.82, 2.24) is 4.98 Å². The fraction of sp³-hybridized carbons (Fsp3) is 0.0800. The van der Waals surface area contributed by atoms with Gasteiger partial charge in [-0.1, -0.05) is 67.6 Å². The smallest absolute Gasteiger partial charge is 0.145 e. The first-order valence-corrected chi connectivity index (χ1v) is 9.30. The van der Waals surface area contributed by atoms with Crippen LogP contribution in [-0.4, -0.2) is 4.98 Å². The lowest BCUT2D eigenvalue weighted by molar-refractivity contribution is 0.669. The lowest BCUT2D eigenvalue weighted by Gasteiger charge is -2.07. The summed E-state index contributed by atoms with van der Waals surface area (Å²) in [5.41, 5.74) is 7.42. The van der Waals surface area contributed by atoms with Gasteiger partial charge in [0.15, 0.2) is 0 Å². The Morgan fingerprint density at radius 1 is 0.778 bits per heavy atom. The van der Waals surface area contributed by atoms with E-state index in [0.717, 1.165) is 34.4 Å². The molecule has 3 aromatic carbocycles. The van der Waals surface area contributed by atoms with Gasteiger partial charge in [-0.3, -0.25) is 4.98 Å². The highest BCUT2D eigenvalue weighted by atomic mass is 16.3. The quantitative estimate of drug-likeness (QED) is 0.355. The molecule has 5 rings (SSSR count). The Hall–Kier alpha value is -3.39. The van der Waals surface area contributed by atoms with Crippen molar-refractivity contribution >= 4 is 21.9 Å². The molecule has 0 spiro atoms. The van der Waals surface area contributed by atoms with E-state index in [4.69, 9.17) is 9.40 Å². The first kappa shape index (κ1) is 15.8. The van der Waals surface area contributed by atoms with E-state index in [0.29, 0.717) is 0 Å². The molecule has 2 heteroatoms. The molecule has 0 aliphatic carbocycles. The van der Waals surface area contributed by atoms with Gasteiger partial charge in [0.2, 0.25) is 0 Å². The number of hydrogen-bond donors (Lipinski definition) is 0. The standard InChI is InChI=1S/C25H19NO/c1-2-17-12-14-20(25-24(17)21-10-6-7-11-23(21)27-25)22-15-13-19(16-26-22)18-8-4-3-5-9-18/h3-16H,2H2,1H3. The van der Waals surface area contributed by atoms with Crippen LogP contribution in [0.2, 0.25) is 0 Å². The van der Waals surface area contributed by atoms with Crippen LogP contribution in [0.1, 0.15) is 12.5 Å². The zero-order valence-electron chi connectivity index (χ0n) is 15.1. The van der Waals surface area contributed by atoms with Crippen LogP contribution in [0.3, 0.4) is 0 Å². The molecule has 130 valence electrons. The first-order valence-electron chi connectivity index (χ1n) is 9.30. The Balaban J connectivity index is 1.69. The Kier molecular flexibility index (Phi) is 3.75. The number of para-hydroxylation sites is 1. The highest BCUT2D eigenvalue weighted by Gasteiger charge is 2.15. The topological polar surface area (TPSA) is 26.0 Å². The molecule has 2 nitrogen and oxygen atoms in total. The van der Waals surface area contributed by atoms with Gasteiger partial charge in [0.05, 0.1) is 5.69 Å². The van der Waals surface area contributed by atoms with E-state index in [-0.39, 0.29) is 0 Å². The van der Waals surface area contributed by atoms with E-state index in [9.17, 15) is 0 Å². The summed E-state index contributed by atoms with van der Waals surface area (Å²) in [7, 11) is 0. The maximum absolute atomic E-state index is 6.26. The number of benzene rings is 3. The van der Waals surface area contributed by atoms with Gasteiger partial charge in [-0.2, -0.15) is 0 Å². The minimum absolute atomic E-state index is 0.926. The monoisotopic (exact) mass is 349 g/mol. The average molecular weight is 349 g/mol. The van der Waals surface area contributed by atoms with Crippen molar-refractivity contribution < 1.29 is 4.42 Å². The van der Waals surface area contributed by atoms with Crippen molar-refractivity contribution in [3.05, 3.63) is 90.6 Å². The van der Waals surface area contributed by atoms with Crippen LogP contribution in [0, 0.1) is 0 Å². The van der Waals surface area contributed by atoms with E-state index >= 15 is 0 Å². The maximum Gasteiger partial charge on any atom is 0.145 e. The molecule has 0 atom stereocenters. The molecule has 0 saturated carbocycles. The van der Waals surface area contributed by atoms with Crippen LogP contribution in [0.15, 0.2) is 89.5 Å². The average Bonchev–Trinajstić information content (AvgIpc) is 3.14. The second-order valence-corrected chi connectivity index (χ2v) is 6.73. The van der Waals surface area contributed by atoms with Crippen LogP contribution < -0.4 is 0 Å². The molecule has 0 saturated heterocycles. The Labute approximate surface area is 158 Å². The van der Waals surface area contributed by atoms with E-state index in [1.165, 1.54) is 21.9 Å². The molecule has 0 aliphatic rings. The van der Waals surface area contributed by atoms with Gasteiger partial charge in [-0.25, -0.2) is 0 Å². The largest absolute Gasteiger partial charge is 0.455 e. The summed E-state index contributed by atoms with van der Waals surface area (Å²) in [6.07, 6.45) is 2.91. The molecular weight excluding hydrogens is 330 g/mol. The second kappa shape index (κ2) is 6.40. The van der Waals surface area contributed by atoms with Gasteiger partial charge in [-0.15, -0.1) is 0 Å². The summed E-state index contributed by atoms with van der Waals surface area (Å²) in [5.74, 6) is 0. The third-order valence-electron chi connectivity index (χ3n) is 5.14. The van der Waals surface area contributed by atoms with E-state index < -0.39 is 0 Å². The lowest BCUT2D eigenvalue weighted by atomic mass is 9.99. The summed E-state index contributed by atoms with van der Waals surface area (Å²) in [4.78, 5) is 4.74. The van der Waals surface area contributed by atoms with E-state index in [1.54, 1.807) is 0 Å². The highest BCUT2D eigenvalue weighted by Crippen LogP contribution is 2.37. The number of fused-ring (bicyclic) bond motifs is 3. The zero-order chi connectivity index (χ0) is 18.2. The predicted molar refractivity (Wildman–Crippen MR) is 112 cm³/mol. The lowest BCUT2D eigenvalue weighted by Crippen LogP contribution is -1.88. The van der Waals surface area contributed by atoms with Crippen LogP contribution >= 0.6 is 0 Å². The van der Waals surface area contributed by atoms with E-state index in [2.05, 4.69) is 55.5 Å². The number of hydrogen-bond acceptors (Lipinski definition) is 2. The summed E-state index contributed by atoms with van der Waals surface area (Å²) >= 11 is 0. The van der Waals surface area contributed by atoms with Gasteiger partial charge < -0.3 is 4.42 Å². The minimum atomic E-state index is 0.926. The number of rotatable bonds is 3. The molecule has 2 aromatic heterocycles. The molecule has 0 bridgehead atoms. The normalized spacial score (nSPS) is 11.3. The number of nitrogens with zero attached hydrogens (tertiary/aromatic N) is 1. The molecule has 0 N–H and O–H groups in total. The van der Waals surface area contributed by atoms with Crippen molar-refractivity contribution in [2.45, 2.75) is 13.3 Å². The summed E-state index contributed by atoms with van der Waals surface area (Å²) < 4.78 is 6.26. The third kappa shape index (κ3) is 2.61. The molecule has 2 heterocycles. The number of aryl methyl sites for hydroxylation is 1. The molecule has 0 fully saturated rings. The van der Waals surface area contributed by atoms with Crippen LogP contribution in [-0.2, 0) is 6.42 Å². The highest BCUT2D eigenvalue weighted by molar-refractivity contribution is 6.11. The summed E-state index contributed by atoms with van der Waals surface area (Å²) in [6, 6.07) is 27.1. The zero-order valence-corrected chi connectivity index (χ0v) is 15.1. The van der Waals surface area contributed by atoms with Crippen molar-refractivity contribution in [1.29, 1.82) is 0 Å². The predicted octanol–water partition coefficient (Wildman–Crippen LogP) is 6.88. The van der Waals surface area contributed by atoms with Gasteiger partial charge in [0, 0.05) is 28.1 Å². The Morgan fingerprint density at radius 2 is 1.59 bits per heavy atom. The fourth-order valence-electron chi connectivity index (χ4n) is 3.75. The summed E-state index contributed by atoms with van der Waals surface area (Å²) in [6.45, 7) is 2.18. The molecule has 0 aliphatic heterocycles. The third-order valence-corrected chi connectivity index (χ3v) is 5.14. The molecule has 0 unspecified atom stereocenters. The molecule has 0 amide bonds. The number of furan rings is 1. The van der Waals surface area contributed by atoms with Crippen LogP contribution in [0.4, 0.5) is 0 Å². The van der Waals surface area contributed by atoms with Crippen LogP contribution in [0.5, 0.6) is 0 Å². The van der Waals surface area contributed by atoms with Gasteiger partial charge in [0.25, 0.3) is 0 Å². The Bertz CT molecular complexity index is 1230. The van der Waals surface area contributed by atoms with Crippen molar-refractivity contribution in [2.75, 3.05) is 0 Å². The SMILES string of the molecule is CCc1ccc(-c2ccc(-c3ccccc3)cn2)c2oc3ccccc3c12. The molecule has 27 heavy (non-hydrogen) atoms. The molecule has 5 aromatic rings. The molecule has 0 radical (unpaired) electrons.